The predicted molar refractivity (Wildman–Crippen MR) is 124 cm³/mol. The van der Waals surface area contributed by atoms with Crippen molar-refractivity contribution in [2.75, 3.05) is 25.4 Å². The van der Waals surface area contributed by atoms with E-state index in [1.165, 1.54) is 54.1 Å². The number of carbonyl (C=O) groups excluding carboxylic acids is 1. The van der Waals surface area contributed by atoms with Crippen LogP contribution in [-0.2, 0) is 16.4 Å². The molecule has 0 saturated carbocycles. The van der Waals surface area contributed by atoms with E-state index < -0.39 is 15.8 Å². The second-order valence-corrected chi connectivity index (χ2v) is 9.34. The van der Waals surface area contributed by atoms with Crippen LogP contribution < -0.4 is 10.0 Å². The summed E-state index contributed by atoms with van der Waals surface area (Å²) in [7, 11) is 0.0806. The first-order valence-electron chi connectivity index (χ1n) is 10.1. The monoisotopic (exact) mass is 455 g/mol. The van der Waals surface area contributed by atoms with Gasteiger partial charge in [0, 0.05) is 23.8 Å². The zero-order valence-electron chi connectivity index (χ0n) is 18.0. The molecule has 0 radical (unpaired) electrons. The van der Waals surface area contributed by atoms with Crippen molar-refractivity contribution in [3.8, 4) is 0 Å². The van der Waals surface area contributed by atoms with Crippen molar-refractivity contribution >= 4 is 21.6 Å². The van der Waals surface area contributed by atoms with Gasteiger partial charge in [-0.3, -0.25) is 9.52 Å². The Morgan fingerprint density at radius 2 is 1.56 bits per heavy atom. The van der Waals surface area contributed by atoms with Crippen molar-refractivity contribution < 1.29 is 17.6 Å². The van der Waals surface area contributed by atoms with Gasteiger partial charge in [0.25, 0.3) is 15.9 Å². The molecule has 3 rings (SSSR count). The first kappa shape index (κ1) is 23.4. The third-order valence-electron chi connectivity index (χ3n) is 5.07. The van der Waals surface area contributed by atoms with E-state index in [0.29, 0.717) is 12.1 Å². The van der Waals surface area contributed by atoms with Crippen molar-refractivity contribution in [3.63, 3.8) is 0 Å². The van der Waals surface area contributed by atoms with Crippen LogP contribution in [0.1, 0.15) is 15.9 Å². The Labute approximate surface area is 188 Å². The van der Waals surface area contributed by atoms with Crippen molar-refractivity contribution in [1.82, 2.24) is 10.2 Å². The largest absolute Gasteiger partial charge is 0.350 e. The molecule has 3 aromatic carbocycles. The zero-order chi connectivity index (χ0) is 23.1. The van der Waals surface area contributed by atoms with Gasteiger partial charge in [0.05, 0.1) is 4.90 Å². The average Bonchev–Trinajstić information content (AvgIpc) is 2.78. The summed E-state index contributed by atoms with van der Waals surface area (Å²) in [4.78, 5) is 14.6. The zero-order valence-corrected chi connectivity index (χ0v) is 18.8. The molecule has 32 heavy (non-hydrogen) atoms. The number of carbonyl (C=O) groups is 1. The fraction of sp³-hybridized carbons (Fsp3) is 0.208. The summed E-state index contributed by atoms with van der Waals surface area (Å²) in [5.74, 6) is -0.732. The van der Waals surface area contributed by atoms with Crippen LogP contribution in [0.3, 0.4) is 0 Å². The smallest absolute Gasteiger partial charge is 0.261 e. The number of amides is 1. The summed E-state index contributed by atoms with van der Waals surface area (Å²) in [6.07, 6.45) is 0.792. The fourth-order valence-electron chi connectivity index (χ4n) is 3.15. The van der Waals surface area contributed by atoms with Crippen LogP contribution in [0.25, 0.3) is 0 Å². The SMILES string of the molecule is CN(C)C(CNC(=O)c1ccc(S(=O)(=O)Nc2ccc(F)cc2)cc1)Cc1ccccc1. The number of rotatable bonds is 9. The van der Waals surface area contributed by atoms with Crippen molar-refractivity contribution in [2.45, 2.75) is 17.4 Å². The molecule has 1 amide bonds. The maximum Gasteiger partial charge on any atom is 0.261 e. The highest BCUT2D eigenvalue weighted by molar-refractivity contribution is 7.92. The second-order valence-electron chi connectivity index (χ2n) is 7.65. The molecule has 0 spiro atoms. The summed E-state index contributed by atoms with van der Waals surface area (Å²) in [5.41, 5.74) is 1.80. The van der Waals surface area contributed by atoms with E-state index in [1.807, 2.05) is 32.3 Å². The summed E-state index contributed by atoms with van der Waals surface area (Å²) < 4.78 is 40.4. The quantitative estimate of drug-likeness (QED) is 0.518. The van der Waals surface area contributed by atoms with Crippen LogP contribution in [0.2, 0.25) is 0 Å². The van der Waals surface area contributed by atoms with Crippen molar-refractivity contribution in [3.05, 3.63) is 95.8 Å². The minimum Gasteiger partial charge on any atom is -0.350 e. The number of anilines is 1. The minimum absolute atomic E-state index is 0.00798. The van der Waals surface area contributed by atoms with E-state index in [9.17, 15) is 17.6 Å². The molecular formula is C24H26FN3O3S. The molecule has 168 valence electrons. The highest BCUT2D eigenvalue weighted by Crippen LogP contribution is 2.17. The van der Waals surface area contributed by atoms with Gasteiger partial charge in [-0.1, -0.05) is 30.3 Å². The Kier molecular flexibility index (Phi) is 7.61. The normalized spacial score (nSPS) is 12.4. The van der Waals surface area contributed by atoms with Gasteiger partial charge < -0.3 is 10.2 Å². The van der Waals surface area contributed by atoms with E-state index in [4.69, 9.17) is 0 Å². The van der Waals surface area contributed by atoms with Gasteiger partial charge in [0.2, 0.25) is 0 Å². The van der Waals surface area contributed by atoms with E-state index >= 15 is 0 Å². The number of sulfonamides is 1. The molecular weight excluding hydrogens is 429 g/mol. The predicted octanol–water partition coefficient (Wildman–Crippen LogP) is 3.53. The summed E-state index contributed by atoms with van der Waals surface area (Å²) in [6, 6.07) is 20.9. The maximum absolute atomic E-state index is 13.0. The molecule has 0 aliphatic carbocycles. The Morgan fingerprint density at radius 3 is 2.16 bits per heavy atom. The molecule has 2 N–H and O–H groups in total. The average molecular weight is 456 g/mol. The highest BCUT2D eigenvalue weighted by Gasteiger charge is 2.17. The van der Waals surface area contributed by atoms with E-state index in [2.05, 4.69) is 27.1 Å². The van der Waals surface area contributed by atoms with Crippen molar-refractivity contribution in [1.29, 1.82) is 0 Å². The van der Waals surface area contributed by atoms with Crippen LogP contribution in [0.5, 0.6) is 0 Å². The number of likely N-dealkylation sites (N-methyl/N-ethyl adjacent to an activating group) is 1. The van der Waals surface area contributed by atoms with Crippen LogP contribution in [0.15, 0.2) is 83.8 Å². The van der Waals surface area contributed by atoms with E-state index in [-0.39, 0.29) is 22.5 Å². The lowest BCUT2D eigenvalue weighted by Gasteiger charge is -2.24. The number of nitrogens with one attached hydrogen (secondary N) is 2. The minimum atomic E-state index is -3.85. The summed E-state index contributed by atoms with van der Waals surface area (Å²) >= 11 is 0. The molecule has 1 unspecified atom stereocenters. The first-order chi connectivity index (χ1) is 15.2. The van der Waals surface area contributed by atoms with Gasteiger partial charge in [-0.2, -0.15) is 0 Å². The van der Waals surface area contributed by atoms with Crippen molar-refractivity contribution in [2.24, 2.45) is 0 Å². The molecule has 0 fully saturated rings. The molecule has 1 atom stereocenters. The van der Waals surface area contributed by atoms with Crippen LogP contribution in [0.4, 0.5) is 10.1 Å². The lowest BCUT2D eigenvalue weighted by Crippen LogP contribution is -2.41. The van der Waals surface area contributed by atoms with Gasteiger partial charge in [0.1, 0.15) is 5.82 Å². The molecule has 3 aromatic rings. The second kappa shape index (κ2) is 10.4. The third kappa shape index (κ3) is 6.38. The molecule has 0 saturated heterocycles. The molecule has 0 bridgehead atoms. The Bertz CT molecular complexity index is 1130. The Hall–Kier alpha value is -3.23. The number of hydrogen-bond donors (Lipinski definition) is 2. The van der Waals surface area contributed by atoms with Gasteiger partial charge in [0.15, 0.2) is 0 Å². The topological polar surface area (TPSA) is 78.5 Å². The van der Waals surface area contributed by atoms with Gasteiger partial charge in [-0.05, 0) is 74.6 Å². The highest BCUT2D eigenvalue weighted by atomic mass is 32.2. The van der Waals surface area contributed by atoms with Gasteiger partial charge in [-0.15, -0.1) is 0 Å². The standard InChI is InChI=1S/C24H26FN3O3S/c1-28(2)22(16-18-6-4-3-5-7-18)17-26-24(29)19-8-14-23(15-9-19)32(30,31)27-21-12-10-20(25)11-13-21/h3-15,22,27H,16-17H2,1-2H3,(H,26,29). The summed E-state index contributed by atoms with van der Waals surface area (Å²) in [6.45, 7) is 0.451. The molecule has 0 heterocycles. The number of halogens is 1. The number of benzene rings is 3. The lowest BCUT2D eigenvalue weighted by atomic mass is 10.1. The maximum atomic E-state index is 13.0. The third-order valence-corrected chi connectivity index (χ3v) is 6.46. The van der Waals surface area contributed by atoms with Gasteiger partial charge in [-0.25, -0.2) is 12.8 Å². The van der Waals surface area contributed by atoms with E-state index in [0.717, 1.165) is 6.42 Å². The molecule has 0 aliphatic rings. The summed E-state index contributed by atoms with van der Waals surface area (Å²) in [5, 5.41) is 2.92. The number of hydrogen-bond acceptors (Lipinski definition) is 4. The van der Waals surface area contributed by atoms with Crippen LogP contribution in [0, 0.1) is 5.82 Å². The molecule has 0 aromatic heterocycles. The fourth-order valence-corrected chi connectivity index (χ4v) is 4.21. The Morgan fingerprint density at radius 1 is 0.938 bits per heavy atom. The lowest BCUT2D eigenvalue weighted by molar-refractivity contribution is 0.0941. The van der Waals surface area contributed by atoms with Gasteiger partial charge >= 0.3 is 0 Å². The van der Waals surface area contributed by atoms with Crippen LogP contribution >= 0.6 is 0 Å². The van der Waals surface area contributed by atoms with E-state index in [1.54, 1.807) is 0 Å². The molecule has 0 aliphatic heterocycles. The molecule has 6 nitrogen and oxygen atoms in total. The first-order valence-corrected chi connectivity index (χ1v) is 11.6. The van der Waals surface area contributed by atoms with Crippen LogP contribution in [-0.4, -0.2) is 45.9 Å². The number of nitrogens with zero attached hydrogens (tertiary/aromatic N) is 1. The Balaban J connectivity index is 1.62. The molecule has 8 heteroatoms.